The summed E-state index contributed by atoms with van der Waals surface area (Å²) in [6.45, 7) is 5.65. The molecular formula is C45H32N4S. The topological polar surface area (TPSA) is 51.0 Å². The summed E-state index contributed by atoms with van der Waals surface area (Å²) >= 11 is 1.85. The van der Waals surface area contributed by atoms with Crippen LogP contribution < -0.4 is 0 Å². The van der Waals surface area contributed by atoms with Crippen LogP contribution in [0, 0.1) is 0 Å². The van der Waals surface area contributed by atoms with E-state index in [0.29, 0.717) is 17.5 Å². The number of hydrogen-bond donors (Lipinski definition) is 0. The Labute approximate surface area is 295 Å². The third-order valence-electron chi connectivity index (χ3n) is 8.76. The Kier molecular flexibility index (Phi) is 8.47. The molecule has 50 heavy (non-hydrogen) atoms. The zero-order valence-corrected chi connectivity index (χ0v) is 28.3. The molecule has 2 heterocycles. The van der Waals surface area contributed by atoms with Gasteiger partial charge in [0.1, 0.15) is 0 Å². The molecule has 0 N–H and O–H groups in total. The molecule has 0 atom stereocenters. The van der Waals surface area contributed by atoms with E-state index < -0.39 is 0 Å². The molecule has 0 aliphatic heterocycles. The molecule has 0 fully saturated rings. The number of allylic oxidation sites excluding steroid dienone is 3. The van der Waals surface area contributed by atoms with Crippen LogP contribution in [0.1, 0.15) is 12.5 Å². The molecule has 0 amide bonds. The molecular weight excluding hydrogens is 629 g/mol. The predicted molar refractivity (Wildman–Crippen MR) is 212 cm³/mol. The van der Waals surface area contributed by atoms with Crippen molar-refractivity contribution in [2.45, 2.75) is 6.92 Å². The summed E-state index contributed by atoms with van der Waals surface area (Å²) in [6.07, 6.45) is 5.87. The number of aromatic nitrogens is 3. The Hall–Kier alpha value is -6.30. The fraction of sp³-hybridized carbons (Fsp3) is 0.0222. The lowest BCUT2D eigenvalue weighted by molar-refractivity contribution is 1.07. The highest BCUT2D eigenvalue weighted by atomic mass is 32.1. The van der Waals surface area contributed by atoms with Gasteiger partial charge >= 0.3 is 0 Å². The maximum Gasteiger partial charge on any atom is 0.164 e. The molecule has 0 unspecified atom stereocenters. The first-order valence-corrected chi connectivity index (χ1v) is 17.3. The van der Waals surface area contributed by atoms with E-state index in [0.717, 1.165) is 33.4 Å². The molecule has 0 saturated carbocycles. The van der Waals surface area contributed by atoms with E-state index in [1.807, 2.05) is 85.0 Å². The summed E-state index contributed by atoms with van der Waals surface area (Å²) in [5.74, 6) is 1.95. The number of benzene rings is 6. The number of thiophene rings is 1. The Morgan fingerprint density at radius 2 is 1.04 bits per heavy atom. The van der Waals surface area contributed by atoms with E-state index in [9.17, 15) is 0 Å². The van der Waals surface area contributed by atoms with Crippen LogP contribution in [-0.4, -0.2) is 21.7 Å². The monoisotopic (exact) mass is 660 g/mol. The molecule has 0 spiro atoms. The van der Waals surface area contributed by atoms with Crippen LogP contribution in [-0.2, 0) is 0 Å². The molecule has 6 aromatic carbocycles. The first kappa shape index (κ1) is 31.0. The lowest BCUT2D eigenvalue weighted by Crippen LogP contribution is -2.00. The Morgan fingerprint density at radius 1 is 0.540 bits per heavy atom. The van der Waals surface area contributed by atoms with Crippen LogP contribution >= 0.6 is 11.3 Å². The van der Waals surface area contributed by atoms with Gasteiger partial charge in [-0.25, -0.2) is 15.0 Å². The summed E-state index contributed by atoms with van der Waals surface area (Å²) in [7, 11) is 0. The Balaban J connectivity index is 1.23. The molecule has 5 heteroatoms. The van der Waals surface area contributed by atoms with Crippen LogP contribution in [0.3, 0.4) is 0 Å². The average Bonchev–Trinajstić information content (AvgIpc) is 3.58. The van der Waals surface area contributed by atoms with E-state index in [-0.39, 0.29) is 0 Å². The van der Waals surface area contributed by atoms with Gasteiger partial charge in [-0.15, -0.1) is 11.3 Å². The van der Waals surface area contributed by atoms with E-state index in [1.165, 1.54) is 36.9 Å². The van der Waals surface area contributed by atoms with Gasteiger partial charge in [0.05, 0.1) is 0 Å². The van der Waals surface area contributed by atoms with Crippen molar-refractivity contribution in [3.05, 3.63) is 170 Å². The normalized spacial score (nSPS) is 11.8. The van der Waals surface area contributed by atoms with Crippen LogP contribution in [0.25, 0.3) is 82.2 Å². The first-order chi connectivity index (χ1) is 24.7. The van der Waals surface area contributed by atoms with Crippen molar-refractivity contribution in [3.63, 3.8) is 0 Å². The SMILES string of the molecule is C=N/C=C(\C=C/C)c1ccc(-c2cccc3c2sc2c(-c4cccc(-c5nc(-c6ccccc6)nc(-c6ccccc6)n5)c4)cccc23)cc1. The van der Waals surface area contributed by atoms with Crippen molar-refractivity contribution in [1.82, 2.24) is 15.0 Å². The van der Waals surface area contributed by atoms with E-state index >= 15 is 0 Å². The fourth-order valence-electron chi connectivity index (χ4n) is 6.37. The summed E-state index contributed by atoms with van der Waals surface area (Å²) in [4.78, 5) is 18.8. The van der Waals surface area contributed by atoms with Gasteiger partial charge in [-0.3, -0.25) is 4.99 Å². The van der Waals surface area contributed by atoms with Crippen molar-refractivity contribution in [2.75, 3.05) is 0 Å². The van der Waals surface area contributed by atoms with Crippen molar-refractivity contribution in [3.8, 4) is 56.4 Å². The van der Waals surface area contributed by atoms with Gasteiger partial charge in [0.25, 0.3) is 0 Å². The van der Waals surface area contributed by atoms with Gasteiger partial charge in [-0.1, -0.05) is 152 Å². The van der Waals surface area contributed by atoms with Crippen molar-refractivity contribution in [2.24, 2.45) is 4.99 Å². The lowest BCUT2D eigenvalue weighted by atomic mass is 9.98. The van der Waals surface area contributed by atoms with Crippen LogP contribution in [0.5, 0.6) is 0 Å². The van der Waals surface area contributed by atoms with Crippen molar-refractivity contribution < 1.29 is 0 Å². The molecule has 0 radical (unpaired) electrons. The van der Waals surface area contributed by atoms with Gasteiger partial charge < -0.3 is 0 Å². The van der Waals surface area contributed by atoms with Crippen LogP contribution in [0.15, 0.2) is 169 Å². The van der Waals surface area contributed by atoms with E-state index in [1.54, 1.807) is 6.20 Å². The fourth-order valence-corrected chi connectivity index (χ4v) is 7.74. The third kappa shape index (κ3) is 5.96. The van der Waals surface area contributed by atoms with Gasteiger partial charge in [-0.05, 0) is 53.1 Å². The molecule has 0 aliphatic rings. The highest BCUT2D eigenvalue weighted by Gasteiger charge is 2.16. The van der Waals surface area contributed by atoms with E-state index in [4.69, 9.17) is 15.0 Å². The van der Waals surface area contributed by atoms with Gasteiger partial charge in [0.2, 0.25) is 0 Å². The van der Waals surface area contributed by atoms with Crippen molar-refractivity contribution >= 4 is 43.8 Å². The standard InChI is InChI=1S/C45H32N4S/c1-3-13-36(29-46-2)30-24-26-31(27-25-30)37-20-11-22-39-40-23-12-21-38(42(40)50-41(37)39)34-18-10-19-35(28-34)45-48-43(32-14-6-4-7-15-32)47-44(49-45)33-16-8-5-9-17-33/h3-29H,2H2,1H3/b13-3-,36-29+. The molecule has 0 saturated heterocycles. The zero-order valence-electron chi connectivity index (χ0n) is 27.5. The summed E-state index contributed by atoms with van der Waals surface area (Å²) in [5, 5.41) is 2.51. The lowest BCUT2D eigenvalue weighted by Gasteiger charge is -2.10. The second kappa shape index (κ2) is 13.7. The van der Waals surface area contributed by atoms with Gasteiger partial charge in [0, 0.05) is 43.1 Å². The first-order valence-electron chi connectivity index (χ1n) is 16.5. The van der Waals surface area contributed by atoms with Crippen molar-refractivity contribution in [1.29, 1.82) is 0 Å². The molecule has 8 aromatic rings. The molecule has 238 valence electrons. The quantitative estimate of drug-likeness (QED) is 0.120. The number of fused-ring (bicyclic) bond motifs is 3. The molecule has 0 aliphatic carbocycles. The largest absolute Gasteiger partial charge is 0.272 e. The maximum absolute atomic E-state index is 4.98. The van der Waals surface area contributed by atoms with Gasteiger partial charge in [0.15, 0.2) is 17.5 Å². The smallest absolute Gasteiger partial charge is 0.164 e. The van der Waals surface area contributed by atoms with Crippen LogP contribution in [0.4, 0.5) is 0 Å². The summed E-state index contributed by atoms with van der Waals surface area (Å²) in [5.41, 5.74) is 9.69. The minimum atomic E-state index is 0.644. The average molecular weight is 661 g/mol. The number of rotatable bonds is 8. The molecule has 2 aromatic heterocycles. The Morgan fingerprint density at radius 3 is 1.60 bits per heavy atom. The predicted octanol–water partition coefficient (Wildman–Crippen LogP) is 12.2. The van der Waals surface area contributed by atoms with Crippen LogP contribution in [0.2, 0.25) is 0 Å². The minimum Gasteiger partial charge on any atom is -0.272 e. The third-order valence-corrected chi connectivity index (χ3v) is 10.0. The number of hydrogen-bond acceptors (Lipinski definition) is 5. The molecule has 8 rings (SSSR count). The second-order valence-corrected chi connectivity index (χ2v) is 13.0. The Bertz CT molecular complexity index is 2490. The number of nitrogens with zero attached hydrogens (tertiary/aromatic N) is 4. The highest BCUT2D eigenvalue weighted by molar-refractivity contribution is 7.26. The highest BCUT2D eigenvalue weighted by Crippen LogP contribution is 2.44. The summed E-state index contributed by atoms with van der Waals surface area (Å²) in [6, 6.07) is 50.6. The minimum absolute atomic E-state index is 0.644. The maximum atomic E-state index is 4.98. The zero-order chi connectivity index (χ0) is 33.9. The van der Waals surface area contributed by atoms with Gasteiger partial charge in [-0.2, -0.15) is 0 Å². The molecule has 4 nitrogen and oxygen atoms in total. The molecule has 0 bridgehead atoms. The second-order valence-electron chi connectivity index (χ2n) is 11.9. The summed E-state index contributed by atoms with van der Waals surface area (Å²) < 4.78 is 2.53. The number of aliphatic imine (C=N–C) groups is 1. The van der Waals surface area contributed by atoms with E-state index in [2.05, 4.69) is 103 Å².